The molecule has 1 saturated heterocycles. The van der Waals surface area contributed by atoms with Crippen LogP contribution in [-0.2, 0) is 9.53 Å². The molecule has 0 bridgehead atoms. The van der Waals surface area contributed by atoms with Crippen molar-refractivity contribution in [1.29, 1.82) is 0 Å². The minimum atomic E-state index is -0.418. The van der Waals surface area contributed by atoms with Gasteiger partial charge in [0.1, 0.15) is 17.8 Å². The summed E-state index contributed by atoms with van der Waals surface area (Å²) in [6.45, 7) is 6.88. The van der Waals surface area contributed by atoms with Crippen molar-refractivity contribution in [3.63, 3.8) is 0 Å². The van der Waals surface area contributed by atoms with Crippen LogP contribution in [0.3, 0.4) is 0 Å². The Kier molecular flexibility index (Phi) is 4.97. The Labute approximate surface area is 145 Å². The standard InChI is InChI=1S/C17H21N5O3/c1-3-13(23)22-7-5-6-11(9-22)21-16-14-12(17(24)25-4-2)8-18-15(14)19-10-20-16/h3,8,10-11H,1,4-7,9H2,2H3,(H2,18,19,20,21)/t11-/m1/s1. The number of ether oxygens (including phenoxy) is 1. The van der Waals surface area contributed by atoms with Gasteiger partial charge in [-0.25, -0.2) is 14.8 Å². The van der Waals surface area contributed by atoms with Crippen molar-refractivity contribution in [2.75, 3.05) is 25.0 Å². The van der Waals surface area contributed by atoms with Gasteiger partial charge >= 0.3 is 5.97 Å². The van der Waals surface area contributed by atoms with E-state index in [0.29, 0.717) is 35.6 Å². The van der Waals surface area contributed by atoms with Crippen molar-refractivity contribution >= 4 is 28.7 Å². The van der Waals surface area contributed by atoms with E-state index < -0.39 is 5.97 Å². The van der Waals surface area contributed by atoms with E-state index in [2.05, 4.69) is 26.8 Å². The van der Waals surface area contributed by atoms with Crippen molar-refractivity contribution in [2.45, 2.75) is 25.8 Å². The smallest absolute Gasteiger partial charge is 0.340 e. The maximum Gasteiger partial charge on any atom is 0.340 e. The average Bonchev–Trinajstić information content (AvgIpc) is 3.07. The third-order valence-corrected chi connectivity index (χ3v) is 4.21. The van der Waals surface area contributed by atoms with Crippen LogP contribution in [0, 0.1) is 0 Å². The highest BCUT2D eigenvalue weighted by Gasteiger charge is 2.24. The number of aromatic nitrogens is 3. The number of aromatic amines is 1. The van der Waals surface area contributed by atoms with Crippen LogP contribution in [0.25, 0.3) is 11.0 Å². The van der Waals surface area contributed by atoms with Gasteiger partial charge in [0.05, 0.1) is 17.6 Å². The molecule has 0 saturated carbocycles. The number of likely N-dealkylation sites (tertiary alicyclic amines) is 1. The van der Waals surface area contributed by atoms with Crippen molar-refractivity contribution in [1.82, 2.24) is 19.9 Å². The summed E-state index contributed by atoms with van der Waals surface area (Å²) >= 11 is 0. The lowest BCUT2D eigenvalue weighted by Gasteiger charge is -2.32. The molecule has 0 aliphatic carbocycles. The predicted octanol–water partition coefficient (Wildman–Crippen LogP) is 1.72. The summed E-state index contributed by atoms with van der Waals surface area (Å²) in [6, 6.07) is 0.0423. The summed E-state index contributed by atoms with van der Waals surface area (Å²) in [5.74, 6) is 0.0686. The number of esters is 1. The Balaban J connectivity index is 1.86. The molecule has 0 radical (unpaired) electrons. The number of anilines is 1. The van der Waals surface area contributed by atoms with Gasteiger partial charge in [-0.05, 0) is 25.8 Å². The zero-order chi connectivity index (χ0) is 17.8. The minimum absolute atomic E-state index is 0.0423. The molecule has 1 atom stereocenters. The molecule has 0 spiro atoms. The molecule has 2 aromatic heterocycles. The normalized spacial score (nSPS) is 17.3. The molecule has 1 aliphatic heterocycles. The van der Waals surface area contributed by atoms with Gasteiger partial charge in [0.15, 0.2) is 0 Å². The molecule has 25 heavy (non-hydrogen) atoms. The number of rotatable bonds is 5. The molecule has 2 N–H and O–H groups in total. The van der Waals surface area contributed by atoms with Crippen molar-refractivity contribution in [2.24, 2.45) is 0 Å². The summed E-state index contributed by atoms with van der Waals surface area (Å²) in [5, 5.41) is 3.95. The first-order chi connectivity index (χ1) is 12.1. The zero-order valence-corrected chi connectivity index (χ0v) is 14.1. The minimum Gasteiger partial charge on any atom is -0.462 e. The first-order valence-corrected chi connectivity index (χ1v) is 8.31. The number of nitrogens with one attached hydrogen (secondary N) is 2. The number of hydrogen-bond donors (Lipinski definition) is 2. The van der Waals surface area contributed by atoms with Gasteiger partial charge in [-0.15, -0.1) is 0 Å². The van der Waals surface area contributed by atoms with E-state index in [1.165, 1.54) is 12.4 Å². The Morgan fingerprint density at radius 1 is 1.52 bits per heavy atom. The lowest BCUT2D eigenvalue weighted by atomic mass is 10.1. The third-order valence-electron chi connectivity index (χ3n) is 4.21. The maximum absolute atomic E-state index is 12.2. The Hall–Kier alpha value is -2.90. The average molecular weight is 343 g/mol. The third kappa shape index (κ3) is 3.47. The van der Waals surface area contributed by atoms with Gasteiger partial charge in [-0.3, -0.25) is 4.79 Å². The number of nitrogens with zero attached hydrogens (tertiary/aromatic N) is 3. The van der Waals surface area contributed by atoms with Gasteiger partial charge in [-0.2, -0.15) is 0 Å². The topological polar surface area (TPSA) is 100 Å². The summed E-state index contributed by atoms with van der Waals surface area (Å²) in [7, 11) is 0. The molecule has 1 aliphatic rings. The molecular formula is C17H21N5O3. The summed E-state index contributed by atoms with van der Waals surface area (Å²) in [4.78, 5) is 37.2. The van der Waals surface area contributed by atoms with E-state index in [-0.39, 0.29) is 11.9 Å². The summed E-state index contributed by atoms with van der Waals surface area (Å²) < 4.78 is 5.10. The van der Waals surface area contributed by atoms with Gasteiger partial charge in [-0.1, -0.05) is 6.58 Å². The van der Waals surface area contributed by atoms with Crippen LogP contribution in [0.15, 0.2) is 25.2 Å². The number of fused-ring (bicyclic) bond motifs is 1. The molecule has 1 amide bonds. The highest BCUT2D eigenvalue weighted by atomic mass is 16.5. The second kappa shape index (κ2) is 7.33. The molecule has 1 fully saturated rings. The predicted molar refractivity (Wildman–Crippen MR) is 93.3 cm³/mol. The number of amides is 1. The van der Waals surface area contributed by atoms with E-state index >= 15 is 0 Å². The Morgan fingerprint density at radius 2 is 2.36 bits per heavy atom. The van der Waals surface area contributed by atoms with Crippen LogP contribution >= 0.6 is 0 Å². The van der Waals surface area contributed by atoms with E-state index in [4.69, 9.17) is 4.74 Å². The van der Waals surface area contributed by atoms with Gasteiger partial charge in [0, 0.05) is 25.3 Å². The largest absolute Gasteiger partial charge is 0.462 e. The highest BCUT2D eigenvalue weighted by molar-refractivity contribution is 6.07. The molecule has 2 aromatic rings. The van der Waals surface area contributed by atoms with E-state index in [0.717, 1.165) is 19.4 Å². The highest BCUT2D eigenvalue weighted by Crippen LogP contribution is 2.26. The SMILES string of the molecule is C=CC(=O)N1CCC[C@@H](Nc2ncnc3[nH]cc(C(=O)OCC)c23)C1. The zero-order valence-electron chi connectivity index (χ0n) is 14.1. The molecule has 132 valence electrons. The number of hydrogen-bond acceptors (Lipinski definition) is 6. The first kappa shape index (κ1) is 16.9. The fourth-order valence-corrected chi connectivity index (χ4v) is 3.06. The second-order valence-corrected chi connectivity index (χ2v) is 5.84. The molecule has 0 unspecified atom stereocenters. The van der Waals surface area contributed by atoms with Crippen molar-refractivity contribution < 1.29 is 14.3 Å². The Morgan fingerprint density at radius 3 is 3.12 bits per heavy atom. The van der Waals surface area contributed by atoms with E-state index in [9.17, 15) is 9.59 Å². The number of H-pyrrole nitrogens is 1. The van der Waals surface area contributed by atoms with Crippen LogP contribution in [0.5, 0.6) is 0 Å². The van der Waals surface area contributed by atoms with Crippen LogP contribution in [0.4, 0.5) is 5.82 Å². The van der Waals surface area contributed by atoms with Crippen LogP contribution in [-0.4, -0.2) is 57.5 Å². The van der Waals surface area contributed by atoms with Gasteiger partial charge in [0.2, 0.25) is 5.91 Å². The lowest BCUT2D eigenvalue weighted by Crippen LogP contribution is -2.44. The fourth-order valence-electron chi connectivity index (χ4n) is 3.06. The fraction of sp³-hybridized carbons (Fsp3) is 0.412. The summed E-state index contributed by atoms with van der Waals surface area (Å²) in [5.41, 5.74) is 0.963. The number of piperidine rings is 1. The second-order valence-electron chi connectivity index (χ2n) is 5.84. The Bertz CT molecular complexity index is 801. The molecular weight excluding hydrogens is 322 g/mol. The summed E-state index contributed by atoms with van der Waals surface area (Å²) in [6.07, 6.45) is 6.15. The maximum atomic E-state index is 12.2. The molecule has 3 rings (SSSR count). The molecule has 8 heteroatoms. The molecule has 8 nitrogen and oxygen atoms in total. The quantitative estimate of drug-likeness (QED) is 0.633. The van der Waals surface area contributed by atoms with Gasteiger partial charge in [0.25, 0.3) is 0 Å². The van der Waals surface area contributed by atoms with Crippen LogP contribution < -0.4 is 5.32 Å². The number of carbonyl (C=O) groups is 2. The molecule has 0 aromatic carbocycles. The van der Waals surface area contributed by atoms with E-state index in [1.807, 2.05) is 0 Å². The monoisotopic (exact) mass is 343 g/mol. The van der Waals surface area contributed by atoms with E-state index in [1.54, 1.807) is 18.0 Å². The lowest BCUT2D eigenvalue weighted by molar-refractivity contribution is -0.127. The molecule has 3 heterocycles. The van der Waals surface area contributed by atoms with Crippen LogP contribution in [0.2, 0.25) is 0 Å². The van der Waals surface area contributed by atoms with Crippen molar-refractivity contribution in [3.05, 3.63) is 30.7 Å². The first-order valence-electron chi connectivity index (χ1n) is 8.31. The van der Waals surface area contributed by atoms with Crippen molar-refractivity contribution in [3.8, 4) is 0 Å². The van der Waals surface area contributed by atoms with Gasteiger partial charge < -0.3 is 19.9 Å². The van der Waals surface area contributed by atoms with Crippen LogP contribution in [0.1, 0.15) is 30.1 Å². The number of carbonyl (C=O) groups excluding carboxylic acids is 2.